The van der Waals surface area contributed by atoms with Crippen LogP contribution in [0.4, 0.5) is 5.69 Å². The van der Waals surface area contributed by atoms with Crippen LogP contribution < -0.4 is 10.6 Å². The summed E-state index contributed by atoms with van der Waals surface area (Å²) in [5, 5.41) is 6.43. The van der Waals surface area contributed by atoms with Crippen molar-refractivity contribution in [2.45, 2.75) is 19.8 Å². The Hall–Kier alpha value is -0.650. The second kappa shape index (κ2) is 5.55. The summed E-state index contributed by atoms with van der Waals surface area (Å²) in [7, 11) is 0. The number of aromatic nitrogens is 1. The summed E-state index contributed by atoms with van der Waals surface area (Å²) in [5.74, 6) is 0.00537. The van der Waals surface area contributed by atoms with Crippen LogP contribution in [0.2, 0.25) is 5.15 Å². The van der Waals surface area contributed by atoms with Crippen LogP contribution in [-0.4, -0.2) is 24.0 Å². The maximum Gasteiger partial charge on any atom is 0.230 e. The topological polar surface area (TPSA) is 54.0 Å². The van der Waals surface area contributed by atoms with Gasteiger partial charge in [0.25, 0.3) is 0 Å². The van der Waals surface area contributed by atoms with Crippen molar-refractivity contribution in [1.82, 2.24) is 10.3 Å². The van der Waals surface area contributed by atoms with Gasteiger partial charge < -0.3 is 10.6 Å². The van der Waals surface area contributed by atoms with Crippen molar-refractivity contribution in [2.24, 2.45) is 5.41 Å². The molecule has 0 saturated carbocycles. The average Bonchev–Trinajstić information content (AvgIpc) is 2.35. The van der Waals surface area contributed by atoms with Crippen molar-refractivity contribution in [3.63, 3.8) is 0 Å². The molecule has 0 bridgehead atoms. The lowest BCUT2D eigenvalue weighted by Crippen LogP contribution is -2.42. The van der Waals surface area contributed by atoms with Crippen LogP contribution >= 0.6 is 27.5 Å². The molecule has 18 heavy (non-hydrogen) atoms. The van der Waals surface area contributed by atoms with E-state index >= 15 is 0 Å². The van der Waals surface area contributed by atoms with E-state index in [2.05, 4.69) is 31.5 Å². The number of halogens is 2. The Morgan fingerprint density at radius 1 is 1.56 bits per heavy atom. The number of rotatable bonds is 2. The normalized spacial score (nSPS) is 18.4. The molecule has 0 unspecified atom stereocenters. The Morgan fingerprint density at radius 3 is 2.89 bits per heavy atom. The summed E-state index contributed by atoms with van der Waals surface area (Å²) in [6, 6.07) is 1.76. The Bertz CT molecular complexity index is 461. The molecule has 98 valence electrons. The minimum atomic E-state index is -0.336. The molecule has 1 fully saturated rings. The molecule has 2 N–H and O–H groups in total. The number of carbonyl (C=O) groups excluding carboxylic acids is 1. The van der Waals surface area contributed by atoms with Crippen molar-refractivity contribution < 1.29 is 4.79 Å². The summed E-state index contributed by atoms with van der Waals surface area (Å²) in [4.78, 5) is 16.3. The number of pyridine rings is 1. The Kier molecular flexibility index (Phi) is 4.25. The van der Waals surface area contributed by atoms with E-state index in [1.54, 1.807) is 12.3 Å². The molecule has 4 nitrogen and oxygen atoms in total. The lowest BCUT2D eigenvalue weighted by molar-refractivity contribution is -0.126. The highest BCUT2D eigenvalue weighted by Gasteiger charge is 2.34. The van der Waals surface area contributed by atoms with E-state index in [9.17, 15) is 4.79 Å². The molecule has 1 aliphatic heterocycles. The largest absolute Gasteiger partial charge is 0.323 e. The van der Waals surface area contributed by atoms with Crippen molar-refractivity contribution in [3.8, 4) is 0 Å². The molecule has 6 heteroatoms. The van der Waals surface area contributed by atoms with Crippen LogP contribution in [0.5, 0.6) is 0 Å². The number of carbonyl (C=O) groups is 1. The van der Waals surface area contributed by atoms with Crippen LogP contribution in [0.25, 0.3) is 0 Å². The van der Waals surface area contributed by atoms with Gasteiger partial charge in [-0.2, -0.15) is 0 Å². The van der Waals surface area contributed by atoms with Crippen molar-refractivity contribution in [3.05, 3.63) is 21.9 Å². The average molecular weight is 333 g/mol. The molecule has 1 aromatic heterocycles. The summed E-state index contributed by atoms with van der Waals surface area (Å²) >= 11 is 9.28. The van der Waals surface area contributed by atoms with Gasteiger partial charge in [0.05, 0.1) is 5.69 Å². The molecule has 0 radical (unpaired) electrons. The van der Waals surface area contributed by atoms with Gasteiger partial charge in [0.1, 0.15) is 0 Å². The van der Waals surface area contributed by atoms with Crippen LogP contribution in [0.15, 0.2) is 16.7 Å². The highest BCUT2D eigenvalue weighted by molar-refractivity contribution is 9.10. The first-order valence-electron chi connectivity index (χ1n) is 5.84. The van der Waals surface area contributed by atoms with Gasteiger partial charge in [-0.3, -0.25) is 4.79 Å². The van der Waals surface area contributed by atoms with E-state index in [1.165, 1.54) is 0 Å². The first-order chi connectivity index (χ1) is 8.51. The number of nitrogens with one attached hydrogen (secondary N) is 2. The summed E-state index contributed by atoms with van der Waals surface area (Å²) in [6.07, 6.45) is 3.26. The maximum atomic E-state index is 12.3. The van der Waals surface area contributed by atoms with Gasteiger partial charge in [0.2, 0.25) is 5.91 Å². The van der Waals surface area contributed by atoms with Gasteiger partial charge in [-0.25, -0.2) is 4.98 Å². The third-order valence-corrected chi connectivity index (χ3v) is 4.04. The molecule has 1 saturated heterocycles. The van der Waals surface area contributed by atoms with Crippen LogP contribution in [0.3, 0.4) is 0 Å². The minimum Gasteiger partial charge on any atom is -0.323 e. The van der Waals surface area contributed by atoms with Crippen molar-refractivity contribution >= 4 is 39.1 Å². The fourth-order valence-electron chi connectivity index (χ4n) is 1.99. The van der Waals surface area contributed by atoms with Crippen LogP contribution in [0.1, 0.15) is 19.8 Å². The number of anilines is 1. The van der Waals surface area contributed by atoms with Crippen LogP contribution in [-0.2, 0) is 4.79 Å². The quantitative estimate of drug-likeness (QED) is 0.819. The first-order valence-corrected chi connectivity index (χ1v) is 7.02. The Balaban J connectivity index is 2.13. The zero-order valence-electron chi connectivity index (χ0n) is 10.1. The number of hydrogen-bond acceptors (Lipinski definition) is 3. The van der Waals surface area contributed by atoms with E-state index in [0.29, 0.717) is 10.8 Å². The summed E-state index contributed by atoms with van der Waals surface area (Å²) in [5.41, 5.74) is 0.215. The van der Waals surface area contributed by atoms with E-state index in [-0.39, 0.29) is 11.3 Å². The second-order valence-corrected chi connectivity index (χ2v) is 6.03. The highest BCUT2D eigenvalue weighted by Crippen LogP contribution is 2.31. The SMILES string of the molecule is CC1(C(=O)Nc2cc(Br)cnc2Cl)CCNCC1. The molecule has 0 aliphatic carbocycles. The van der Waals surface area contributed by atoms with Crippen LogP contribution in [0, 0.1) is 5.41 Å². The van der Waals surface area contributed by atoms with E-state index in [0.717, 1.165) is 30.4 Å². The third-order valence-electron chi connectivity index (χ3n) is 3.31. The zero-order chi connectivity index (χ0) is 13.2. The molecular weight excluding hydrogens is 318 g/mol. The Morgan fingerprint density at radius 2 is 2.22 bits per heavy atom. The molecule has 2 rings (SSSR count). The molecule has 1 amide bonds. The lowest BCUT2D eigenvalue weighted by atomic mass is 9.80. The van der Waals surface area contributed by atoms with E-state index < -0.39 is 0 Å². The fourth-order valence-corrected chi connectivity index (χ4v) is 2.47. The molecular formula is C12H15BrClN3O. The van der Waals surface area contributed by atoms with E-state index in [4.69, 9.17) is 11.6 Å². The first kappa shape index (κ1) is 13.8. The Labute approximate surface area is 120 Å². The van der Waals surface area contributed by atoms with Gasteiger partial charge in [0.15, 0.2) is 5.15 Å². The van der Waals surface area contributed by atoms with Crippen molar-refractivity contribution in [2.75, 3.05) is 18.4 Å². The van der Waals surface area contributed by atoms with Gasteiger partial charge in [0, 0.05) is 16.1 Å². The number of hydrogen-bond donors (Lipinski definition) is 2. The predicted molar refractivity (Wildman–Crippen MR) is 75.8 cm³/mol. The summed E-state index contributed by atoms with van der Waals surface area (Å²) < 4.78 is 0.790. The standard InChI is InChI=1S/C12H15BrClN3O/c1-12(2-4-15-5-3-12)11(18)17-9-6-8(13)7-16-10(9)14/h6-7,15H,2-5H2,1H3,(H,17,18). The maximum absolute atomic E-state index is 12.3. The van der Waals surface area contributed by atoms with E-state index in [1.807, 2.05) is 6.92 Å². The molecule has 0 atom stereocenters. The molecule has 1 aromatic rings. The lowest BCUT2D eigenvalue weighted by Gasteiger charge is -2.32. The molecule has 1 aliphatic rings. The van der Waals surface area contributed by atoms with Gasteiger partial charge >= 0.3 is 0 Å². The van der Waals surface area contributed by atoms with Gasteiger partial charge in [-0.05, 0) is 47.9 Å². The minimum absolute atomic E-state index is 0.00537. The zero-order valence-corrected chi connectivity index (χ0v) is 12.4. The highest BCUT2D eigenvalue weighted by atomic mass is 79.9. The summed E-state index contributed by atoms with van der Waals surface area (Å²) in [6.45, 7) is 3.73. The smallest absolute Gasteiger partial charge is 0.230 e. The third kappa shape index (κ3) is 3.02. The molecule has 2 heterocycles. The van der Waals surface area contributed by atoms with Gasteiger partial charge in [-0.1, -0.05) is 18.5 Å². The number of amides is 1. The monoisotopic (exact) mass is 331 g/mol. The fraction of sp³-hybridized carbons (Fsp3) is 0.500. The molecule has 0 aromatic carbocycles. The van der Waals surface area contributed by atoms with Gasteiger partial charge in [-0.15, -0.1) is 0 Å². The number of nitrogens with zero attached hydrogens (tertiary/aromatic N) is 1. The second-order valence-electron chi connectivity index (χ2n) is 4.76. The molecule has 0 spiro atoms. The number of piperidine rings is 1. The van der Waals surface area contributed by atoms with Crippen molar-refractivity contribution in [1.29, 1.82) is 0 Å². The predicted octanol–water partition coefficient (Wildman–Crippen LogP) is 2.83.